The van der Waals surface area contributed by atoms with Crippen LogP contribution in [0.5, 0.6) is 0 Å². The minimum Gasteiger partial charge on any atom is -0.333 e. The molecule has 2 amide bonds. The SMILES string of the molecule is C[C@H]1CNCCN1C(=O)c1cccc(C(=O)N(C)c2ccccc2)c1. The topological polar surface area (TPSA) is 52.7 Å². The molecule has 1 aliphatic heterocycles. The van der Waals surface area contributed by atoms with Gasteiger partial charge in [0.25, 0.3) is 11.8 Å². The molecule has 2 aromatic carbocycles. The molecule has 0 bridgehead atoms. The van der Waals surface area contributed by atoms with Gasteiger partial charge in [-0.1, -0.05) is 24.3 Å². The Bertz CT molecular complexity index is 761. The molecule has 0 aromatic heterocycles. The summed E-state index contributed by atoms with van der Waals surface area (Å²) < 4.78 is 0. The Labute approximate surface area is 148 Å². The molecule has 25 heavy (non-hydrogen) atoms. The molecule has 5 nitrogen and oxygen atoms in total. The Morgan fingerprint density at radius 2 is 1.80 bits per heavy atom. The monoisotopic (exact) mass is 337 g/mol. The van der Waals surface area contributed by atoms with Crippen molar-refractivity contribution >= 4 is 17.5 Å². The fraction of sp³-hybridized carbons (Fsp3) is 0.300. The zero-order valence-electron chi connectivity index (χ0n) is 14.6. The molecule has 0 spiro atoms. The summed E-state index contributed by atoms with van der Waals surface area (Å²) in [5.41, 5.74) is 1.89. The van der Waals surface area contributed by atoms with Gasteiger partial charge in [-0.15, -0.1) is 0 Å². The fourth-order valence-electron chi connectivity index (χ4n) is 3.06. The molecule has 0 unspecified atom stereocenters. The van der Waals surface area contributed by atoms with Crippen LogP contribution in [-0.4, -0.2) is 49.4 Å². The fourth-order valence-corrected chi connectivity index (χ4v) is 3.06. The lowest BCUT2D eigenvalue weighted by Crippen LogP contribution is -2.52. The van der Waals surface area contributed by atoms with Crippen molar-refractivity contribution in [3.05, 3.63) is 65.7 Å². The van der Waals surface area contributed by atoms with Crippen LogP contribution in [0.3, 0.4) is 0 Å². The van der Waals surface area contributed by atoms with E-state index >= 15 is 0 Å². The van der Waals surface area contributed by atoms with Crippen LogP contribution in [0.15, 0.2) is 54.6 Å². The van der Waals surface area contributed by atoms with Gasteiger partial charge in [-0.3, -0.25) is 9.59 Å². The van der Waals surface area contributed by atoms with Crippen LogP contribution in [-0.2, 0) is 0 Å². The molecule has 1 saturated heterocycles. The van der Waals surface area contributed by atoms with E-state index in [0.717, 1.165) is 18.8 Å². The van der Waals surface area contributed by atoms with Crippen LogP contribution < -0.4 is 10.2 Å². The Hall–Kier alpha value is -2.66. The molecule has 0 radical (unpaired) electrons. The maximum Gasteiger partial charge on any atom is 0.258 e. The van der Waals surface area contributed by atoms with Gasteiger partial charge in [-0.05, 0) is 37.3 Å². The molecule has 5 heteroatoms. The summed E-state index contributed by atoms with van der Waals surface area (Å²) in [6.07, 6.45) is 0. The van der Waals surface area contributed by atoms with Gasteiger partial charge in [0.2, 0.25) is 0 Å². The number of anilines is 1. The van der Waals surface area contributed by atoms with Gasteiger partial charge in [-0.2, -0.15) is 0 Å². The summed E-state index contributed by atoms with van der Waals surface area (Å²) >= 11 is 0. The number of nitrogens with one attached hydrogen (secondary N) is 1. The van der Waals surface area contributed by atoms with Gasteiger partial charge >= 0.3 is 0 Å². The highest BCUT2D eigenvalue weighted by atomic mass is 16.2. The van der Waals surface area contributed by atoms with E-state index in [2.05, 4.69) is 5.32 Å². The van der Waals surface area contributed by atoms with Crippen LogP contribution in [0.4, 0.5) is 5.69 Å². The number of benzene rings is 2. The number of hydrogen-bond acceptors (Lipinski definition) is 3. The zero-order valence-corrected chi connectivity index (χ0v) is 14.6. The number of carbonyl (C=O) groups excluding carboxylic acids is 2. The number of carbonyl (C=O) groups is 2. The maximum absolute atomic E-state index is 12.8. The predicted octanol–water partition coefficient (Wildman–Crippen LogP) is 2.40. The normalized spacial score (nSPS) is 17.2. The Balaban J connectivity index is 1.81. The van der Waals surface area contributed by atoms with Crippen LogP contribution in [0, 0.1) is 0 Å². The standard InChI is InChI=1S/C20H23N3O2/c1-15-14-21-11-12-23(15)20(25)17-8-6-7-16(13-17)19(24)22(2)18-9-4-3-5-10-18/h3-10,13,15,21H,11-12,14H2,1-2H3/t15-/m0/s1. The summed E-state index contributed by atoms with van der Waals surface area (Å²) in [6.45, 7) is 4.30. The maximum atomic E-state index is 12.8. The first kappa shape index (κ1) is 17.2. The van der Waals surface area contributed by atoms with Crippen molar-refractivity contribution in [2.75, 3.05) is 31.6 Å². The van der Waals surface area contributed by atoms with Gasteiger partial charge in [-0.25, -0.2) is 0 Å². The first-order valence-corrected chi connectivity index (χ1v) is 8.53. The molecule has 1 N–H and O–H groups in total. The average molecular weight is 337 g/mol. The van der Waals surface area contributed by atoms with E-state index in [1.807, 2.05) is 42.2 Å². The Morgan fingerprint density at radius 1 is 1.08 bits per heavy atom. The van der Waals surface area contributed by atoms with Crippen molar-refractivity contribution in [2.24, 2.45) is 0 Å². The van der Waals surface area contributed by atoms with Crippen LogP contribution in [0.1, 0.15) is 27.6 Å². The molecule has 3 rings (SSSR count). The first-order chi connectivity index (χ1) is 12.1. The molecular formula is C20H23N3O2. The van der Waals surface area contributed by atoms with E-state index < -0.39 is 0 Å². The van der Waals surface area contributed by atoms with Crippen molar-refractivity contribution in [3.63, 3.8) is 0 Å². The highest BCUT2D eigenvalue weighted by Gasteiger charge is 2.24. The van der Waals surface area contributed by atoms with Gasteiger partial charge < -0.3 is 15.1 Å². The Kier molecular flexibility index (Phi) is 5.14. The number of para-hydroxylation sites is 1. The molecule has 1 fully saturated rings. The van der Waals surface area contributed by atoms with Crippen molar-refractivity contribution in [1.82, 2.24) is 10.2 Å². The molecule has 1 heterocycles. The number of nitrogens with zero attached hydrogens (tertiary/aromatic N) is 2. The highest BCUT2D eigenvalue weighted by Crippen LogP contribution is 2.17. The highest BCUT2D eigenvalue weighted by molar-refractivity contribution is 6.07. The summed E-state index contributed by atoms with van der Waals surface area (Å²) in [5, 5.41) is 3.28. The second-order valence-electron chi connectivity index (χ2n) is 6.33. The van der Waals surface area contributed by atoms with E-state index in [1.54, 1.807) is 36.2 Å². The van der Waals surface area contributed by atoms with Crippen molar-refractivity contribution < 1.29 is 9.59 Å². The minimum absolute atomic E-state index is 0.0222. The number of hydrogen-bond donors (Lipinski definition) is 1. The number of amides is 2. The van der Waals surface area contributed by atoms with E-state index in [9.17, 15) is 9.59 Å². The molecule has 130 valence electrons. The largest absolute Gasteiger partial charge is 0.333 e. The lowest BCUT2D eigenvalue weighted by Gasteiger charge is -2.34. The minimum atomic E-state index is -0.130. The second-order valence-corrected chi connectivity index (χ2v) is 6.33. The molecular weight excluding hydrogens is 314 g/mol. The van der Waals surface area contributed by atoms with Crippen molar-refractivity contribution in [1.29, 1.82) is 0 Å². The third-order valence-corrected chi connectivity index (χ3v) is 4.57. The number of piperazine rings is 1. The summed E-state index contributed by atoms with van der Waals surface area (Å²) in [7, 11) is 1.74. The van der Waals surface area contributed by atoms with Gasteiger partial charge in [0.1, 0.15) is 0 Å². The Morgan fingerprint density at radius 3 is 2.52 bits per heavy atom. The van der Waals surface area contributed by atoms with Crippen LogP contribution in [0.25, 0.3) is 0 Å². The van der Waals surface area contributed by atoms with Crippen molar-refractivity contribution in [2.45, 2.75) is 13.0 Å². The molecule has 0 saturated carbocycles. The van der Waals surface area contributed by atoms with Gasteiger partial charge in [0.15, 0.2) is 0 Å². The van der Waals surface area contributed by atoms with E-state index in [-0.39, 0.29) is 17.9 Å². The summed E-state index contributed by atoms with van der Waals surface area (Å²) in [5.74, 6) is -0.153. The quantitative estimate of drug-likeness (QED) is 0.936. The summed E-state index contributed by atoms with van der Waals surface area (Å²) in [4.78, 5) is 29.0. The molecule has 1 atom stereocenters. The lowest BCUT2D eigenvalue weighted by atomic mass is 10.1. The third-order valence-electron chi connectivity index (χ3n) is 4.57. The van der Waals surface area contributed by atoms with Crippen LogP contribution >= 0.6 is 0 Å². The number of rotatable bonds is 3. The second kappa shape index (κ2) is 7.49. The molecule has 0 aliphatic carbocycles. The van der Waals surface area contributed by atoms with Gasteiger partial charge in [0.05, 0.1) is 0 Å². The van der Waals surface area contributed by atoms with Crippen molar-refractivity contribution in [3.8, 4) is 0 Å². The first-order valence-electron chi connectivity index (χ1n) is 8.53. The zero-order chi connectivity index (χ0) is 17.8. The van der Waals surface area contributed by atoms with Gasteiger partial charge in [0, 0.05) is 49.5 Å². The average Bonchev–Trinajstić information content (AvgIpc) is 2.67. The predicted molar refractivity (Wildman–Crippen MR) is 99.0 cm³/mol. The van der Waals surface area contributed by atoms with E-state index in [1.165, 1.54) is 0 Å². The lowest BCUT2D eigenvalue weighted by molar-refractivity contribution is 0.0656. The van der Waals surface area contributed by atoms with E-state index in [0.29, 0.717) is 17.7 Å². The smallest absolute Gasteiger partial charge is 0.258 e. The molecule has 1 aliphatic rings. The van der Waals surface area contributed by atoms with Crippen LogP contribution in [0.2, 0.25) is 0 Å². The van der Waals surface area contributed by atoms with E-state index in [4.69, 9.17) is 0 Å². The summed E-state index contributed by atoms with van der Waals surface area (Å²) in [6, 6.07) is 16.6. The molecule has 2 aromatic rings. The third kappa shape index (κ3) is 3.72.